The number of hydrogen-bond donors (Lipinski definition) is 1. The second kappa shape index (κ2) is 6.48. The van der Waals surface area contributed by atoms with E-state index in [0.717, 1.165) is 42.8 Å². The fourth-order valence-corrected chi connectivity index (χ4v) is 3.32. The van der Waals surface area contributed by atoms with E-state index in [0.29, 0.717) is 6.54 Å². The van der Waals surface area contributed by atoms with Crippen LogP contribution in [0.1, 0.15) is 48.0 Å². The van der Waals surface area contributed by atoms with Crippen LogP contribution in [0.3, 0.4) is 0 Å². The summed E-state index contributed by atoms with van der Waals surface area (Å²) in [6.07, 6.45) is 5.25. The molecule has 6 heteroatoms. The predicted molar refractivity (Wildman–Crippen MR) is 86.9 cm³/mol. The first kappa shape index (κ1) is 15.6. The Bertz CT molecular complexity index is 669. The van der Waals surface area contributed by atoms with Gasteiger partial charge in [0.15, 0.2) is 0 Å². The molecule has 1 fully saturated rings. The Morgan fingerprint density at radius 1 is 1.43 bits per heavy atom. The molecule has 0 bridgehead atoms. The van der Waals surface area contributed by atoms with Crippen LogP contribution < -0.4 is 5.32 Å². The molecule has 0 aromatic carbocycles. The zero-order valence-corrected chi connectivity index (χ0v) is 14.0. The highest BCUT2D eigenvalue weighted by Gasteiger charge is 2.29. The number of piperidine rings is 1. The van der Waals surface area contributed by atoms with Gasteiger partial charge in [0.25, 0.3) is 0 Å². The third-order valence-corrected chi connectivity index (χ3v) is 4.69. The maximum atomic E-state index is 12.7. The van der Waals surface area contributed by atoms with Crippen LogP contribution in [-0.4, -0.2) is 27.2 Å². The van der Waals surface area contributed by atoms with Gasteiger partial charge in [0, 0.05) is 37.6 Å². The van der Waals surface area contributed by atoms with E-state index in [4.69, 9.17) is 4.52 Å². The van der Waals surface area contributed by atoms with Gasteiger partial charge in [-0.15, -0.1) is 0 Å². The Hall–Kier alpha value is -2.24. The number of aromatic nitrogens is 2. The minimum absolute atomic E-state index is 0.0177. The second-order valence-corrected chi connectivity index (χ2v) is 6.21. The lowest BCUT2D eigenvalue weighted by molar-refractivity contribution is 0.148. The zero-order chi connectivity index (χ0) is 16.4. The van der Waals surface area contributed by atoms with Crippen molar-refractivity contribution in [2.24, 2.45) is 7.05 Å². The number of rotatable bonds is 3. The van der Waals surface area contributed by atoms with Gasteiger partial charge in [0.05, 0.1) is 11.7 Å². The molecule has 0 aliphatic carbocycles. The summed E-state index contributed by atoms with van der Waals surface area (Å²) in [4.78, 5) is 14.6. The number of likely N-dealkylation sites (tertiary alicyclic amines) is 1. The van der Waals surface area contributed by atoms with Gasteiger partial charge in [-0.25, -0.2) is 4.79 Å². The molecular weight excluding hydrogens is 292 g/mol. The highest BCUT2D eigenvalue weighted by atomic mass is 16.5. The molecule has 1 unspecified atom stereocenters. The molecule has 2 aromatic rings. The quantitative estimate of drug-likeness (QED) is 0.946. The summed E-state index contributed by atoms with van der Waals surface area (Å²) < 4.78 is 7.25. The number of amides is 2. The molecule has 0 spiro atoms. The predicted octanol–water partition coefficient (Wildman–Crippen LogP) is 3.07. The first-order chi connectivity index (χ1) is 11.1. The summed E-state index contributed by atoms with van der Waals surface area (Å²) in [6, 6.07) is 4.26. The summed E-state index contributed by atoms with van der Waals surface area (Å²) in [7, 11) is 2.03. The van der Waals surface area contributed by atoms with E-state index in [-0.39, 0.29) is 12.1 Å². The van der Waals surface area contributed by atoms with Crippen molar-refractivity contribution in [3.05, 3.63) is 41.0 Å². The lowest BCUT2D eigenvalue weighted by Gasteiger charge is -2.36. The van der Waals surface area contributed by atoms with Crippen LogP contribution in [0.5, 0.6) is 0 Å². The molecule has 1 aliphatic rings. The average molecular weight is 316 g/mol. The lowest BCUT2D eigenvalue weighted by atomic mass is 9.99. The number of carbonyl (C=O) groups is 1. The Morgan fingerprint density at radius 3 is 2.91 bits per heavy atom. The summed E-state index contributed by atoms with van der Waals surface area (Å²) in [5, 5.41) is 6.96. The molecule has 3 heterocycles. The molecule has 124 valence electrons. The van der Waals surface area contributed by atoms with E-state index >= 15 is 0 Å². The SMILES string of the molecule is Cc1noc(C)c1CNC(=O)N1CCCCC1c1cccn1C. The normalized spacial score (nSPS) is 18.2. The van der Waals surface area contributed by atoms with Gasteiger partial charge in [-0.3, -0.25) is 0 Å². The van der Waals surface area contributed by atoms with E-state index in [1.54, 1.807) is 0 Å². The molecule has 3 rings (SSSR count). The van der Waals surface area contributed by atoms with Crippen LogP contribution in [0.2, 0.25) is 0 Å². The number of carbonyl (C=O) groups excluding carboxylic acids is 1. The molecule has 23 heavy (non-hydrogen) atoms. The number of urea groups is 1. The number of nitrogens with zero attached hydrogens (tertiary/aromatic N) is 3. The third-order valence-electron chi connectivity index (χ3n) is 4.69. The van der Waals surface area contributed by atoms with Crippen molar-refractivity contribution in [2.75, 3.05) is 6.54 Å². The van der Waals surface area contributed by atoms with Crippen LogP contribution in [0.25, 0.3) is 0 Å². The van der Waals surface area contributed by atoms with Gasteiger partial charge in [0.2, 0.25) is 0 Å². The molecule has 1 atom stereocenters. The molecular formula is C17H24N4O2. The van der Waals surface area contributed by atoms with Crippen LogP contribution in [-0.2, 0) is 13.6 Å². The van der Waals surface area contributed by atoms with Crippen LogP contribution in [0.4, 0.5) is 4.79 Å². The minimum Gasteiger partial charge on any atom is -0.361 e. The van der Waals surface area contributed by atoms with Gasteiger partial charge in [0.1, 0.15) is 5.76 Å². The maximum Gasteiger partial charge on any atom is 0.318 e. The van der Waals surface area contributed by atoms with E-state index in [1.807, 2.05) is 38.1 Å². The highest BCUT2D eigenvalue weighted by Crippen LogP contribution is 2.30. The fourth-order valence-electron chi connectivity index (χ4n) is 3.32. The Balaban J connectivity index is 1.71. The average Bonchev–Trinajstić information content (AvgIpc) is 3.11. The molecule has 2 amide bonds. The van der Waals surface area contributed by atoms with E-state index in [9.17, 15) is 4.79 Å². The first-order valence-electron chi connectivity index (χ1n) is 8.15. The van der Waals surface area contributed by atoms with Gasteiger partial charge < -0.3 is 19.3 Å². The van der Waals surface area contributed by atoms with Crippen molar-refractivity contribution < 1.29 is 9.32 Å². The lowest BCUT2D eigenvalue weighted by Crippen LogP contribution is -2.44. The second-order valence-electron chi connectivity index (χ2n) is 6.21. The number of hydrogen-bond acceptors (Lipinski definition) is 3. The third kappa shape index (κ3) is 3.11. The van der Waals surface area contributed by atoms with Crippen molar-refractivity contribution in [3.8, 4) is 0 Å². The van der Waals surface area contributed by atoms with E-state index in [1.165, 1.54) is 5.69 Å². The molecule has 1 N–H and O–H groups in total. The Labute approximate surface area is 136 Å². The molecule has 6 nitrogen and oxygen atoms in total. The number of aryl methyl sites for hydroxylation is 3. The topological polar surface area (TPSA) is 63.3 Å². The molecule has 0 saturated carbocycles. The smallest absolute Gasteiger partial charge is 0.318 e. The summed E-state index contributed by atoms with van der Waals surface area (Å²) in [5.74, 6) is 0.764. The van der Waals surface area contributed by atoms with Gasteiger partial charge in [-0.1, -0.05) is 5.16 Å². The van der Waals surface area contributed by atoms with Gasteiger partial charge in [-0.2, -0.15) is 0 Å². The standard InChI is InChI=1S/C17H24N4O2/c1-12-14(13(2)23-19-12)11-18-17(22)21-10-5-4-7-16(21)15-8-6-9-20(15)3/h6,8-9,16H,4-5,7,10-11H2,1-3H3,(H,18,22). The summed E-state index contributed by atoms with van der Waals surface area (Å²) in [6.45, 7) is 5.01. The first-order valence-corrected chi connectivity index (χ1v) is 8.15. The highest BCUT2D eigenvalue weighted by molar-refractivity contribution is 5.75. The van der Waals surface area contributed by atoms with Gasteiger partial charge in [-0.05, 0) is 45.2 Å². The van der Waals surface area contributed by atoms with Crippen LogP contribution in [0, 0.1) is 13.8 Å². The van der Waals surface area contributed by atoms with Crippen molar-refractivity contribution in [1.82, 2.24) is 19.9 Å². The maximum absolute atomic E-state index is 12.7. The Kier molecular flexibility index (Phi) is 4.41. The largest absolute Gasteiger partial charge is 0.361 e. The van der Waals surface area contributed by atoms with E-state index in [2.05, 4.69) is 21.1 Å². The van der Waals surface area contributed by atoms with Crippen LogP contribution >= 0.6 is 0 Å². The molecule has 1 saturated heterocycles. The van der Waals surface area contributed by atoms with Crippen molar-refractivity contribution in [3.63, 3.8) is 0 Å². The monoisotopic (exact) mass is 316 g/mol. The van der Waals surface area contributed by atoms with Gasteiger partial charge >= 0.3 is 6.03 Å². The zero-order valence-electron chi connectivity index (χ0n) is 14.0. The fraction of sp³-hybridized carbons (Fsp3) is 0.529. The molecule has 1 aliphatic heterocycles. The van der Waals surface area contributed by atoms with Crippen molar-refractivity contribution >= 4 is 6.03 Å². The number of nitrogens with one attached hydrogen (secondary N) is 1. The summed E-state index contributed by atoms with van der Waals surface area (Å²) in [5.41, 5.74) is 2.99. The summed E-state index contributed by atoms with van der Waals surface area (Å²) >= 11 is 0. The van der Waals surface area contributed by atoms with Crippen molar-refractivity contribution in [2.45, 2.75) is 45.7 Å². The molecule has 0 radical (unpaired) electrons. The van der Waals surface area contributed by atoms with Crippen molar-refractivity contribution in [1.29, 1.82) is 0 Å². The minimum atomic E-state index is -0.0177. The Morgan fingerprint density at radius 2 is 2.26 bits per heavy atom. The molecule has 2 aromatic heterocycles. The van der Waals surface area contributed by atoms with Crippen LogP contribution in [0.15, 0.2) is 22.9 Å². The van der Waals surface area contributed by atoms with E-state index < -0.39 is 0 Å².